The van der Waals surface area contributed by atoms with Crippen LogP contribution < -0.4 is 5.32 Å². The maximum absolute atomic E-state index is 13.4. The van der Waals surface area contributed by atoms with E-state index in [9.17, 15) is 17.6 Å². The molecule has 22 heavy (non-hydrogen) atoms. The van der Waals surface area contributed by atoms with Crippen molar-refractivity contribution in [1.29, 1.82) is 0 Å². The molecule has 0 unspecified atom stereocenters. The molecule has 0 fully saturated rings. The number of thioether (sulfide) groups is 1. The van der Waals surface area contributed by atoms with Gasteiger partial charge in [-0.1, -0.05) is 24.3 Å². The topological polar surface area (TPSA) is 63.2 Å². The number of benzene rings is 2. The van der Waals surface area contributed by atoms with Gasteiger partial charge < -0.3 is 5.32 Å². The highest BCUT2D eigenvalue weighted by Gasteiger charge is 2.14. The number of hydrogen-bond acceptors (Lipinski definition) is 4. The molecule has 2 aromatic carbocycles. The van der Waals surface area contributed by atoms with Crippen LogP contribution in [0.15, 0.2) is 58.3 Å². The average Bonchev–Trinajstić information content (AvgIpc) is 2.47. The molecule has 0 saturated carbocycles. The highest BCUT2D eigenvalue weighted by atomic mass is 32.2. The number of nitrogens with one attached hydrogen (secondary N) is 1. The van der Waals surface area contributed by atoms with E-state index in [2.05, 4.69) is 5.32 Å². The van der Waals surface area contributed by atoms with E-state index in [-0.39, 0.29) is 16.3 Å². The Bertz CT molecular complexity index is 791. The van der Waals surface area contributed by atoms with Gasteiger partial charge in [-0.25, -0.2) is 12.8 Å². The van der Waals surface area contributed by atoms with E-state index in [0.717, 1.165) is 18.0 Å². The zero-order valence-corrected chi connectivity index (χ0v) is 13.4. The number of carbonyl (C=O) groups excluding carboxylic acids is 1. The zero-order valence-electron chi connectivity index (χ0n) is 11.7. The van der Waals surface area contributed by atoms with Crippen molar-refractivity contribution in [1.82, 2.24) is 0 Å². The van der Waals surface area contributed by atoms with E-state index in [1.807, 2.05) is 0 Å². The summed E-state index contributed by atoms with van der Waals surface area (Å²) in [5, 5.41) is 2.45. The summed E-state index contributed by atoms with van der Waals surface area (Å²) in [4.78, 5) is 12.5. The molecule has 2 rings (SSSR count). The summed E-state index contributed by atoms with van der Waals surface area (Å²) in [6, 6.07) is 12.3. The molecule has 0 aliphatic rings. The van der Waals surface area contributed by atoms with Gasteiger partial charge in [-0.15, -0.1) is 11.8 Å². The minimum Gasteiger partial charge on any atom is -0.323 e. The summed E-state index contributed by atoms with van der Waals surface area (Å²) in [6.45, 7) is 0. The van der Waals surface area contributed by atoms with Gasteiger partial charge in [0, 0.05) is 11.2 Å². The summed E-state index contributed by atoms with van der Waals surface area (Å²) in [6.07, 6.45) is 1.12. The van der Waals surface area contributed by atoms with E-state index >= 15 is 0 Å². The van der Waals surface area contributed by atoms with Gasteiger partial charge in [0.2, 0.25) is 5.91 Å². The Morgan fingerprint density at radius 2 is 1.77 bits per heavy atom. The van der Waals surface area contributed by atoms with Crippen LogP contribution in [0, 0.1) is 5.82 Å². The van der Waals surface area contributed by atoms with E-state index in [0.29, 0.717) is 4.90 Å². The van der Waals surface area contributed by atoms with Crippen LogP contribution in [0.25, 0.3) is 0 Å². The normalized spacial score (nSPS) is 11.2. The molecule has 0 aliphatic heterocycles. The van der Waals surface area contributed by atoms with Crippen LogP contribution in [0.1, 0.15) is 0 Å². The second kappa shape index (κ2) is 6.93. The number of rotatable bonds is 5. The fourth-order valence-electron chi connectivity index (χ4n) is 1.77. The molecule has 0 aliphatic carbocycles. The molecule has 4 nitrogen and oxygen atoms in total. The van der Waals surface area contributed by atoms with E-state index in [4.69, 9.17) is 0 Å². The van der Waals surface area contributed by atoms with Crippen molar-refractivity contribution in [2.75, 3.05) is 17.3 Å². The molecule has 7 heteroatoms. The van der Waals surface area contributed by atoms with Gasteiger partial charge in [-0.3, -0.25) is 4.79 Å². The lowest BCUT2D eigenvalue weighted by Crippen LogP contribution is -2.15. The maximum atomic E-state index is 13.4. The van der Waals surface area contributed by atoms with Crippen LogP contribution in [0.2, 0.25) is 0 Å². The number of amides is 1. The van der Waals surface area contributed by atoms with Crippen molar-refractivity contribution < 1.29 is 17.6 Å². The quantitative estimate of drug-likeness (QED) is 0.851. The van der Waals surface area contributed by atoms with Gasteiger partial charge in [0.15, 0.2) is 9.84 Å². The minimum atomic E-state index is -3.36. The average molecular weight is 339 g/mol. The standard InChI is InChI=1S/C15H14FNO3S2/c1-22(19,20)14-9-5-4-8-13(14)21-10-15(18)17-12-7-3-2-6-11(12)16/h2-9H,10H2,1H3,(H,17,18). The van der Waals surface area contributed by atoms with Crippen LogP contribution in [0.4, 0.5) is 10.1 Å². The number of carbonyl (C=O) groups is 1. The molecule has 0 heterocycles. The third-order valence-corrected chi connectivity index (χ3v) is 5.11. The third-order valence-electron chi connectivity index (χ3n) is 2.76. The molecule has 0 saturated heterocycles. The van der Waals surface area contributed by atoms with Gasteiger partial charge in [0.25, 0.3) is 0 Å². The smallest absolute Gasteiger partial charge is 0.234 e. The SMILES string of the molecule is CS(=O)(=O)c1ccccc1SCC(=O)Nc1ccccc1F. The Morgan fingerprint density at radius 3 is 2.45 bits per heavy atom. The summed E-state index contributed by atoms with van der Waals surface area (Å²) < 4.78 is 36.8. The minimum absolute atomic E-state index is 0.0130. The van der Waals surface area contributed by atoms with Gasteiger partial charge in [-0.05, 0) is 24.3 Å². The molecule has 116 valence electrons. The van der Waals surface area contributed by atoms with E-state index < -0.39 is 21.6 Å². The number of halogens is 1. The van der Waals surface area contributed by atoms with Gasteiger partial charge >= 0.3 is 0 Å². The first kappa shape index (κ1) is 16.5. The van der Waals surface area contributed by atoms with Crippen LogP contribution in [-0.2, 0) is 14.6 Å². The molecule has 0 radical (unpaired) electrons. The van der Waals surface area contributed by atoms with Crippen molar-refractivity contribution >= 4 is 33.2 Å². The van der Waals surface area contributed by atoms with Crippen LogP contribution in [0.3, 0.4) is 0 Å². The number of para-hydroxylation sites is 1. The molecule has 1 amide bonds. The highest BCUT2D eigenvalue weighted by Crippen LogP contribution is 2.26. The highest BCUT2D eigenvalue weighted by molar-refractivity contribution is 8.00. The van der Waals surface area contributed by atoms with Gasteiger partial charge in [0.05, 0.1) is 16.3 Å². The second-order valence-electron chi connectivity index (χ2n) is 4.54. The second-order valence-corrected chi connectivity index (χ2v) is 7.54. The Kier molecular flexibility index (Phi) is 5.20. The number of hydrogen-bond donors (Lipinski definition) is 1. The summed E-state index contributed by atoms with van der Waals surface area (Å²) in [5.41, 5.74) is 0.101. The fraction of sp³-hybridized carbons (Fsp3) is 0.133. The lowest BCUT2D eigenvalue weighted by Gasteiger charge is -2.08. The Hall–Kier alpha value is -1.86. The third kappa shape index (κ3) is 4.32. The van der Waals surface area contributed by atoms with E-state index in [1.54, 1.807) is 24.3 Å². The van der Waals surface area contributed by atoms with E-state index in [1.165, 1.54) is 24.3 Å². The molecular formula is C15H14FNO3S2. The monoisotopic (exact) mass is 339 g/mol. The lowest BCUT2D eigenvalue weighted by atomic mass is 10.3. The molecule has 1 N–H and O–H groups in total. The predicted molar refractivity (Wildman–Crippen MR) is 85.3 cm³/mol. The van der Waals surface area contributed by atoms with Crippen molar-refractivity contribution in [3.8, 4) is 0 Å². The molecule has 0 atom stereocenters. The summed E-state index contributed by atoms with van der Waals surface area (Å²) in [7, 11) is -3.36. The van der Waals surface area contributed by atoms with Gasteiger partial charge in [-0.2, -0.15) is 0 Å². The molecular weight excluding hydrogens is 325 g/mol. The first-order valence-corrected chi connectivity index (χ1v) is 9.22. The number of anilines is 1. The largest absolute Gasteiger partial charge is 0.323 e. The Balaban J connectivity index is 2.05. The Morgan fingerprint density at radius 1 is 1.14 bits per heavy atom. The maximum Gasteiger partial charge on any atom is 0.234 e. The van der Waals surface area contributed by atoms with Crippen molar-refractivity contribution in [2.45, 2.75) is 9.79 Å². The van der Waals surface area contributed by atoms with Gasteiger partial charge in [0.1, 0.15) is 5.82 Å². The van der Waals surface area contributed by atoms with Crippen molar-refractivity contribution in [3.63, 3.8) is 0 Å². The van der Waals surface area contributed by atoms with Crippen LogP contribution >= 0.6 is 11.8 Å². The van der Waals surface area contributed by atoms with Crippen LogP contribution in [-0.4, -0.2) is 26.3 Å². The first-order chi connectivity index (χ1) is 10.4. The molecule has 0 aromatic heterocycles. The lowest BCUT2D eigenvalue weighted by molar-refractivity contribution is -0.113. The summed E-state index contributed by atoms with van der Waals surface area (Å²) >= 11 is 1.09. The van der Waals surface area contributed by atoms with Crippen molar-refractivity contribution in [2.24, 2.45) is 0 Å². The zero-order chi connectivity index (χ0) is 16.2. The molecule has 0 bridgehead atoms. The first-order valence-electron chi connectivity index (χ1n) is 6.34. The summed E-state index contributed by atoms with van der Waals surface area (Å²) in [5.74, 6) is -0.934. The fourth-order valence-corrected chi connectivity index (χ4v) is 3.90. The predicted octanol–water partition coefficient (Wildman–Crippen LogP) is 2.96. The number of sulfone groups is 1. The van der Waals surface area contributed by atoms with Crippen LogP contribution in [0.5, 0.6) is 0 Å². The molecule has 0 spiro atoms. The van der Waals surface area contributed by atoms with Crippen molar-refractivity contribution in [3.05, 3.63) is 54.3 Å². The Labute approximate surface area is 132 Å². The molecule has 2 aromatic rings.